The summed E-state index contributed by atoms with van der Waals surface area (Å²) in [5.41, 5.74) is 11.3. The van der Waals surface area contributed by atoms with Gasteiger partial charge in [-0.3, -0.25) is 0 Å². The maximum atomic E-state index is 8.00. The molecule has 0 saturated heterocycles. The zero-order valence-electron chi connectivity index (χ0n) is 17.7. The molecule has 30 heavy (non-hydrogen) atoms. The maximum absolute atomic E-state index is 8.00. The molecule has 3 aliphatic rings. The largest absolute Gasteiger partial charge is 0.493 e. The lowest BCUT2D eigenvalue weighted by Crippen LogP contribution is -2.36. The van der Waals surface area contributed by atoms with Gasteiger partial charge in [-0.15, -0.1) is 0 Å². The smallest absolute Gasteiger partial charge is 0.203 e. The van der Waals surface area contributed by atoms with Gasteiger partial charge >= 0.3 is 0 Å². The molecule has 158 valence electrons. The second-order valence-electron chi connectivity index (χ2n) is 8.69. The highest BCUT2D eigenvalue weighted by atomic mass is 16.5. The molecule has 2 aromatic rings. The first-order chi connectivity index (χ1) is 14.6. The molecule has 0 amide bonds. The molecule has 2 aliphatic carbocycles. The highest BCUT2D eigenvalue weighted by Gasteiger charge is 2.54. The number of nitrogens with two attached hydrogens (primary N) is 1. The second-order valence-corrected chi connectivity index (χ2v) is 8.69. The van der Waals surface area contributed by atoms with Crippen molar-refractivity contribution in [3.63, 3.8) is 0 Å². The summed E-state index contributed by atoms with van der Waals surface area (Å²) < 4.78 is 16.8. The van der Waals surface area contributed by atoms with Crippen molar-refractivity contribution in [3.05, 3.63) is 41.0 Å². The number of ether oxygens (including phenoxy) is 3. The first kappa shape index (κ1) is 19.1. The summed E-state index contributed by atoms with van der Waals surface area (Å²) in [6, 6.07) is 8.27. The first-order valence-electron chi connectivity index (χ1n) is 10.6. The number of nitrogens with one attached hydrogen (secondary N) is 2. The van der Waals surface area contributed by atoms with Crippen molar-refractivity contribution in [2.45, 2.75) is 31.2 Å². The molecule has 2 bridgehead atoms. The average molecular weight is 408 g/mol. The fraction of sp³-hybridized carbons (Fsp3) is 0.458. The third-order valence-electron chi connectivity index (χ3n) is 7.52. The van der Waals surface area contributed by atoms with E-state index >= 15 is 0 Å². The Labute approximate surface area is 177 Å². The van der Waals surface area contributed by atoms with Gasteiger partial charge in [-0.05, 0) is 78.3 Å². The van der Waals surface area contributed by atoms with Crippen LogP contribution in [0.25, 0.3) is 0 Å². The third-order valence-corrected chi connectivity index (χ3v) is 7.52. The van der Waals surface area contributed by atoms with Crippen molar-refractivity contribution in [1.82, 2.24) is 0 Å². The average Bonchev–Trinajstić information content (AvgIpc) is 3.40. The van der Waals surface area contributed by atoms with Crippen LogP contribution in [-0.2, 0) is 0 Å². The normalized spacial score (nSPS) is 28.3. The van der Waals surface area contributed by atoms with Crippen LogP contribution in [0.2, 0.25) is 0 Å². The molecule has 6 heteroatoms. The van der Waals surface area contributed by atoms with E-state index in [0.29, 0.717) is 46.6 Å². The summed E-state index contributed by atoms with van der Waals surface area (Å²) in [4.78, 5) is 0. The summed E-state index contributed by atoms with van der Waals surface area (Å²) in [5, 5.41) is 11.8. The Morgan fingerprint density at radius 1 is 1.03 bits per heavy atom. The van der Waals surface area contributed by atoms with Gasteiger partial charge in [0.05, 0.1) is 27.4 Å². The summed E-state index contributed by atoms with van der Waals surface area (Å²) in [6.45, 7) is 0. The molecular weight excluding hydrogens is 378 g/mol. The lowest BCUT2D eigenvalue weighted by Gasteiger charge is -2.44. The quantitative estimate of drug-likeness (QED) is 0.498. The lowest BCUT2D eigenvalue weighted by atomic mass is 9.67. The molecule has 4 N–H and O–H groups in total. The number of benzene rings is 2. The molecule has 2 saturated carbocycles. The molecule has 2 fully saturated rings. The van der Waals surface area contributed by atoms with Gasteiger partial charge in [0.2, 0.25) is 5.75 Å². The molecule has 2 aromatic carbocycles. The SMILES string of the molecule is COc1cc([C@@H]2Nc3ccc(N)c(C=N)c3C3C4CCC(C4)C32)cc(OC)c1OC. The summed E-state index contributed by atoms with van der Waals surface area (Å²) in [7, 11) is 4.94. The molecule has 5 atom stereocenters. The highest BCUT2D eigenvalue weighted by molar-refractivity contribution is 5.91. The predicted octanol–water partition coefficient (Wildman–Crippen LogP) is 4.59. The highest BCUT2D eigenvalue weighted by Crippen LogP contribution is 2.64. The van der Waals surface area contributed by atoms with Crippen molar-refractivity contribution in [2.24, 2.45) is 17.8 Å². The van der Waals surface area contributed by atoms with Gasteiger partial charge in [0, 0.05) is 23.2 Å². The lowest BCUT2D eigenvalue weighted by molar-refractivity contribution is 0.246. The van der Waals surface area contributed by atoms with Gasteiger partial charge in [0.1, 0.15) is 0 Å². The summed E-state index contributed by atoms with van der Waals surface area (Å²) in [6.07, 6.45) is 5.22. The van der Waals surface area contributed by atoms with Crippen molar-refractivity contribution in [1.29, 1.82) is 5.41 Å². The number of hydrogen-bond donors (Lipinski definition) is 3. The molecule has 4 unspecified atom stereocenters. The van der Waals surface area contributed by atoms with Crippen LogP contribution in [0, 0.1) is 23.2 Å². The number of rotatable bonds is 5. The van der Waals surface area contributed by atoms with E-state index in [1.54, 1.807) is 21.3 Å². The fourth-order valence-corrected chi connectivity index (χ4v) is 6.39. The Kier molecular flexibility index (Phi) is 4.53. The van der Waals surface area contributed by atoms with Crippen LogP contribution in [-0.4, -0.2) is 27.5 Å². The third kappa shape index (κ3) is 2.59. The van der Waals surface area contributed by atoms with Crippen molar-refractivity contribution in [2.75, 3.05) is 32.4 Å². The van der Waals surface area contributed by atoms with Crippen LogP contribution in [0.5, 0.6) is 17.2 Å². The van der Waals surface area contributed by atoms with Crippen molar-refractivity contribution >= 4 is 17.6 Å². The number of nitrogen functional groups attached to an aromatic ring is 1. The Morgan fingerprint density at radius 3 is 2.37 bits per heavy atom. The summed E-state index contributed by atoms with van der Waals surface area (Å²) in [5.74, 6) is 4.18. The second kappa shape index (κ2) is 7.11. The first-order valence-corrected chi connectivity index (χ1v) is 10.6. The Morgan fingerprint density at radius 2 is 1.73 bits per heavy atom. The van der Waals surface area contributed by atoms with Crippen molar-refractivity contribution in [3.8, 4) is 17.2 Å². The van der Waals surface area contributed by atoms with Crippen LogP contribution in [0.3, 0.4) is 0 Å². The minimum atomic E-state index is 0.147. The minimum absolute atomic E-state index is 0.147. The van der Waals surface area contributed by atoms with Crippen LogP contribution < -0.4 is 25.3 Å². The topological polar surface area (TPSA) is 89.6 Å². The van der Waals surface area contributed by atoms with Crippen LogP contribution in [0.4, 0.5) is 11.4 Å². The molecule has 0 spiro atoms. The zero-order chi connectivity index (χ0) is 21.0. The molecule has 5 rings (SSSR count). The Hall–Kier alpha value is -2.89. The standard InChI is InChI=1S/C24H29N3O3/c1-28-18-9-14(10-19(29-2)24(18)30-3)23-21-13-5-4-12(8-13)20(21)22-15(11-25)16(26)6-7-17(22)27-23/h6-7,9-13,20-21,23,25,27H,4-5,8,26H2,1-3H3/t12?,13?,20?,21?,23-/m0/s1. The summed E-state index contributed by atoms with van der Waals surface area (Å²) >= 11 is 0. The van der Waals surface area contributed by atoms with Gasteiger partial charge in [0.25, 0.3) is 0 Å². The molecule has 0 radical (unpaired) electrons. The number of methoxy groups -OCH3 is 3. The number of hydrogen-bond acceptors (Lipinski definition) is 6. The Bertz CT molecular complexity index is 980. The predicted molar refractivity (Wildman–Crippen MR) is 118 cm³/mol. The van der Waals surface area contributed by atoms with E-state index in [2.05, 4.69) is 23.5 Å². The van der Waals surface area contributed by atoms with Gasteiger partial charge in [0.15, 0.2) is 11.5 Å². The molecule has 1 aliphatic heterocycles. The van der Waals surface area contributed by atoms with Gasteiger partial charge in [-0.2, -0.15) is 0 Å². The van der Waals surface area contributed by atoms with E-state index in [1.165, 1.54) is 31.0 Å². The fourth-order valence-electron chi connectivity index (χ4n) is 6.39. The Balaban J connectivity index is 1.67. The van der Waals surface area contributed by atoms with Gasteiger partial charge < -0.3 is 30.7 Å². The molecule has 0 aromatic heterocycles. The number of fused-ring (bicyclic) bond motifs is 7. The van der Waals surface area contributed by atoms with E-state index < -0.39 is 0 Å². The zero-order valence-corrected chi connectivity index (χ0v) is 17.7. The molecular formula is C24H29N3O3. The molecule has 1 heterocycles. The van der Waals surface area contributed by atoms with Gasteiger partial charge in [-0.25, -0.2) is 0 Å². The minimum Gasteiger partial charge on any atom is -0.493 e. The van der Waals surface area contributed by atoms with E-state index in [9.17, 15) is 0 Å². The monoisotopic (exact) mass is 407 g/mol. The van der Waals surface area contributed by atoms with Crippen LogP contribution >= 0.6 is 0 Å². The van der Waals surface area contributed by atoms with E-state index in [-0.39, 0.29) is 6.04 Å². The van der Waals surface area contributed by atoms with Crippen LogP contribution in [0.15, 0.2) is 24.3 Å². The number of anilines is 2. The van der Waals surface area contributed by atoms with Crippen molar-refractivity contribution < 1.29 is 14.2 Å². The molecule has 6 nitrogen and oxygen atoms in total. The van der Waals surface area contributed by atoms with Crippen LogP contribution in [0.1, 0.15) is 47.9 Å². The maximum Gasteiger partial charge on any atom is 0.203 e. The van der Waals surface area contributed by atoms with E-state index in [1.807, 2.05) is 6.07 Å². The van der Waals surface area contributed by atoms with E-state index in [0.717, 1.165) is 16.8 Å². The van der Waals surface area contributed by atoms with Gasteiger partial charge in [-0.1, -0.05) is 0 Å². The van der Waals surface area contributed by atoms with E-state index in [4.69, 9.17) is 25.4 Å².